The summed E-state index contributed by atoms with van der Waals surface area (Å²) in [5, 5.41) is 5.44. The zero-order valence-electron chi connectivity index (χ0n) is 21.7. The van der Waals surface area contributed by atoms with E-state index in [2.05, 4.69) is 37.6 Å². The summed E-state index contributed by atoms with van der Waals surface area (Å²) in [6.45, 7) is 14.5. The second-order valence-electron chi connectivity index (χ2n) is 11.2. The highest BCUT2D eigenvalue weighted by atomic mass is 16.2. The number of likely N-dealkylation sites (tertiary alicyclic amines) is 1. The third-order valence-electron chi connectivity index (χ3n) is 8.66. The van der Waals surface area contributed by atoms with E-state index < -0.39 is 23.8 Å². The van der Waals surface area contributed by atoms with Crippen molar-refractivity contribution in [1.29, 1.82) is 0 Å². The quantitative estimate of drug-likeness (QED) is 0.252. The number of carbonyl (C=O) groups is 4. The van der Waals surface area contributed by atoms with Crippen LogP contribution >= 0.6 is 0 Å². The standard InChI is InChI=1S/C28H43N3O4/c1-6-8-15-21(24(32)26(34)29-16-9-7-2)30-25(33)23-22-20(28(22,4)5)17-31(23)27(35)18(3)19-13-11-10-12-14-19/h6-7,18-23H,1-2,8-17H2,3-5H3,(H,29,34)(H,30,33)/t18-,20-,21-,22-,23-/m0/s1. The molecule has 3 rings (SSSR count). The number of nitrogens with one attached hydrogen (secondary N) is 2. The van der Waals surface area contributed by atoms with Crippen LogP contribution in [0.2, 0.25) is 0 Å². The fourth-order valence-electron chi connectivity index (χ4n) is 6.25. The smallest absolute Gasteiger partial charge is 0.289 e. The third kappa shape index (κ3) is 5.87. The van der Waals surface area contributed by atoms with Gasteiger partial charge < -0.3 is 15.5 Å². The molecule has 2 N–H and O–H groups in total. The largest absolute Gasteiger partial charge is 0.349 e. The Bertz CT molecular complexity index is 845. The highest BCUT2D eigenvalue weighted by molar-refractivity contribution is 6.38. The van der Waals surface area contributed by atoms with Gasteiger partial charge in [-0.05, 0) is 55.3 Å². The lowest BCUT2D eigenvalue weighted by molar-refractivity contribution is -0.146. The van der Waals surface area contributed by atoms with Gasteiger partial charge in [-0.1, -0.05) is 52.2 Å². The summed E-state index contributed by atoms with van der Waals surface area (Å²) in [7, 11) is 0. The van der Waals surface area contributed by atoms with Gasteiger partial charge in [-0.15, -0.1) is 13.2 Å². The summed E-state index contributed by atoms with van der Waals surface area (Å²) in [4.78, 5) is 54.2. The number of hydrogen-bond donors (Lipinski definition) is 2. The van der Waals surface area contributed by atoms with Gasteiger partial charge in [0, 0.05) is 19.0 Å². The summed E-state index contributed by atoms with van der Waals surface area (Å²) in [5.41, 5.74) is -0.0183. The number of piperidine rings is 1. The van der Waals surface area contributed by atoms with Crippen molar-refractivity contribution in [1.82, 2.24) is 15.5 Å². The molecule has 1 saturated heterocycles. The normalized spacial score (nSPS) is 26.7. The van der Waals surface area contributed by atoms with E-state index in [4.69, 9.17) is 0 Å². The summed E-state index contributed by atoms with van der Waals surface area (Å²) in [5.74, 6) is -1.04. The van der Waals surface area contributed by atoms with Crippen molar-refractivity contribution >= 4 is 23.5 Å². The van der Waals surface area contributed by atoms with E-state index in [-0.39, 0.29) is 35.0 Å². The van der Waals surface area contributed by atoms with Crippen LogP contribution in [0.4, 0.5) is 0 Å². The first-order valence-corrected chi connectivity index (χ1v) is 13.3. The van der Waals surface area contributed by atoms with Gasteiger partial charge >= 0.3 is 0 Å². The van der Waals surface area contributed by atoms with Crippen LogP contribution in [0, 0.1) is 29.1 Å². The van der Waals surface area contributed by atoms with Crippen LogP contribution in [0.1, 0.15) is 72.1 Å². The molecule has 194 valence electrons. The van der Waals surface area contributed by atoms with Crippen LogP contribution in [0.15, 0.2) is 25.3 Å². The molecule has 7 nitrogen and oxygen atoms in total. The molecule has 2 saturated carbocycles. The van der Waals surface area contributed by atoms with Crippen LogP contribution in [-0.2, 0) is 19.2 Å². The maximum Gasteiger partial charge on any atom is 0.289 e. The number of Topliss-reactive ketones (excluding diaryl/α,β-unsaturated/α-hetero) is 1. The number of nitrogens with zero attached hydrogens (tertiary/aromatic N) is 1. The number of fused-ring (bicyclic) bond motifs is 1. The first kappa shape index (κ1) is 27.2. The highest BCUT2D eigenvalue weighted by Crippen LogP contribution is 2.65. The van der Waals surface area contributed by atoms with Crippen LogP contribution in [0.3, 0.4) is 0 Å². The Morgan fingerprint density at radius 1 is 1.06 bits per heavy atom. The molecule has 3 aliphatic rings. The number of rotatable bonds is 12. The Hall–Kier alpha value is -2.44. The number of carbonyl (C=O) groups excluding carboxylic acids is 4. The van der Waals surface area contributed by atoms with Crippen LogP contribution in [-0.4, -0.2) is 53.6 Å². The molecule has 0 aromatic rings. The minimum atomic E-state index is -0.946. The maximum absolute atomic E-state index is 13.6. The number of allylic oxidation sites excluding steroid dienone is 1. The van der Waals surface area contributed by atoms with E-state index in [1.165, 1.54) is 6.42 Å². The molecule has 2 aliphatic carbocycles. The van der Waals surface area contributed by atoms with Gasteiger partial charge in [0.05, 0.1) is 6.04 Å². The lowest BCUT2D eigenvalue weighted by atomic mass is 9.80. The molecule has 3 amide bonds. The third-order valence-corrected chi connectivity index (χ3v) is 8.66. The van der Waals surface area contributed by atoms with E-state index in [9.17, 15) is 19.2 Å². The van der Waals surface area contributed by atoms with E-state index in [1.54, 1.807) is 17.1 Å². The summed E-state index contributed by atoms with van der Waals surface area (Å²) in [6, 6.07) is -1.55. The SMILES string of the molecule is C=CCCNC(=O)C(=O)[C@H](CCC=C)NC(=O)[C@@H]1[C@@H]2[C@H](CN1C(=O)[C@@H](C)C1CCCCC1)C2(C)C. The van der Waals surface area contributed by atoms with Crippen molar-refractivity contribution < 1.29 is 19.2 Å². The summed E-state index contributed by atoms with van der Waals surface area (Å²) >= 11 is 0. The minimum Gasteiger partial charge on any atom is -0.349 e. The second kappa shape index (κ2) is 11.5. The lowest BCUT2D eigenvalue weighted by Gasteiger charge is -2.35. The molecule has 5 atom stereocenters. The zero-order valence-corrected chi connectivity index (χ0v) is 21.7. The Labute approximate surface area is 210 Å². The van der Waals surface area contributed by atoms with Gasteiger partial charge in [0.15, 0.2) is 0 Å². The van der Waals surface area contributed by atoms with Crippen molar-refractivity contribution in [2.75, 3.05) is 13.1 Å². The van der Waals surface area contributed by atoms with Crippen molar-refractivity contribution in [3.8, 4) is 0 Å². The molecule has 0 aromatic carbocycles. The summed E-state index contributed by atoms with van der Waals surface area (Å²) in [6.07, 6.45) is 10.3. The van der Waals surface area contributed by atoms with Crippen LogP contribution < -0.4 is 10.6 Å². The zero-order chi connectivity index (χ0) is 25.8. The van der Waals surface area contributed by atoms with Gasteiger partial charge in [0.2, 0.25) is 17.6 Å². The van der Waals surface area contributed by atoms with E-state index in [0.29, 0.717) is 38.3 Å². The molecule has 3 fully saturated rings. The summed E-state index contributed by atoms with van der Waals surface area (Å²) < 4.78 is 0. The van der Waals surface area contributed by atoms with Gasteiger partial charge in [-0.2, -0.15) is 0 Å². The van der Waals surface area contributed by atoms with E-state index in [0.717, 1.165) is 25.7 Å². The molecule has 7 heteroatoms. The fraction of sp³-hybridized carbons (Fsp3) is 0.714. The van der Waals surface area contributed by atoms with Gasteiger partial charge in [0.25, 0.3) is 5.91 Å². The van der Waals surface area contributed by atoms with E-state index >= 15 is 0 Å². The maximum atomic E-state index is 13.6. The monoisotopic (exact) mass is 485 g/mol. The predicted molar refractivity (Wildman–Crippen MR) is 136 cm³/mol. The molecule has 0 aromatic heterocycles. The molecular formula is C28H43N3O4. The Kier molecular flexibility index (Phi) is 8.94. The Morgan fingerprint density at radius 2 is 1.71 bits per heavy atom. The van der Waals surface area contributed by atoms with Crippen molar-refractivity contribution in [2.24, 2.45) is 29.1 Å². The number of amides is 3. The van der Waals surface area contributed by atoms with Crippen molar-refractivity contribution in [3.63, 3.8) is 0 Å². The van der Waals surface area contributed by atoms with Gasteiger partial charge in [-0.25, -0.2) is 0 Å². The van der Waals surface area contributed by atoms with Crippen molar-refractivity contribution in [2.45, 2.75) is 84.2 Å². The Balaban J connectivity index is 1.73. The molecule has 1 heterocycles. The first-order valence-electron chi connectivity index (χ1n) is 13.3. The average molecular weight is 486 g/mol. The molecule has 0 bridgehead atoms. The molecule has 35 heavy (non-hydrogen) atoms. The minimum absolute atomic E-state index is 0.0183. The molecule has 0 spiro atoms. The number of hydrogen-bond acceptors (Lipinski definition) is 4. The molecule has 1 aliphatic heterocycles. The topological polar surface area (TPSA) is 95.6 Å². The van der Waals surface area contributed by atoms with Crippen LogP contribution in [0.5, 0.6) is 0 Å². The first-order chi connectivity index (χ1) is 16.6. The van der Waals surface area contributed by atoms with Crippen LogP contribution in [0.25, 0.3) is 0 Å². The Morgan fingerprint density at radius 3 is 2.34 bits per heavy atom. The fourth-order valence-corrected chi connectivity index (χ4v) is 6.25. The van der Waals surface area contributed by atoms with Gasteiger partial charge in [0.1, 0.15) is 6.04 Å². The lowest BCUT2D eigenvalue weighted by Crippen LogP contribution is -2.56. The predicted octanol–water partition coefficient (Wildman–Crippen LogP) is 3.40. The highest BCUT2D eigenvalue weighted by Gasteiger charge is 2.69. The van der Waals surface area contributed by atoms with E-state index in [1.807, 2.05) is 6.92 Å². The molecular weight excluding hydrogens is 442 g/mol. The number of ketones is 1. The second-order valence-corrected chi connectivity index (χ2v) is 11.2. The van der Waals surface area contributed by atoms with Crippen molar-refractivity contribution in [3.05, 3.63) is 25.3 Å². The average Bonchev–Trinajstić information content (AvgIpc) is 3.18. The molecule has 0 radical (unpaired) electrons. The van der Waals surface area contributed by atoms with Gasteiger partial charge in [-0.3, -0.25) is 19.2 Å². The molecule has 0 unspecified atom stereocenters.